The molecule has 144 valence electrons. The third-order valence-electron chi connectivity index (χ3n) is 4.37. The Bertz CT molecular complexity index is 979. The number of carbonyl (C=O) groups is 1. The summed E-state index contributed by atoms with van der Waals surface area (Å²) in [6.45, 7) is 1.64. The van der Waals surface area contributed by atoms with Gasteiger partial charge in [-0.15, -0.1) is 0 Å². The lowest BCUT2D eigenvalue weighted by molar-refractivity contribution is -0.114. The SMILES string of the molecule is CC(=O)Nc1ccc(S(=O)(=O)NCC(c2ccccc2)c2ccccc2)cc1. The monoisotopic (exact) mass is 394 g/mol. The molecule has 1 amide bonds. The van der Waals surface area contributed by atoms with Gasteiger partial charge >= 0.3 is 0 Å². The third kappa shape index (κ3) is 5.06. The third-order valence-corrected chi connectivity index (χ3v) is 5.81. The van der Waals surface area contributed by atoms with E-state index in [1.165, 1.54) is 19.1 Å². The Labute approximate surface area is 165 Å². The molecule has 3 aromatic rings. The topological polar surface area (TPSA) is 75.3 Å². The lowest BCUT2D eigenvalue weighted by Crippen LogP contribution is -2.29. The largest absolute Gasteiger partial charge is 0.326 e. The number of hydrogen-bond acceptors (Lipinski definition) is 3. The highest BCUT2D eigenvalue weighted by molar-refractivity contribution is 7.89. The van der Waals surface area contributed by atoms with Crippen LogP contribution in [0.15, 0.2) is 89.8 Å². The van der Waals surface area contributed by atoms with Crippen LogP contribution >= 0.6 is 0 Å². The maximum absolute atomic E-state index is 12.7. The number of anilines is 1. The fourth-order valence-corrected chi connectivity index (χ4v) is 4.04. The summed E-state index contributed by atoms with van der Waals surface area (Å²) in [7, 11) is -3.68. The van der Waals surface area contributed by atoms with Crippen LogP contribution in [0.4, 0.5) is 5.69 Å². The molecule has 0 unspecified atom stereocenters. The van der Waals surface area contributed by atoms with Gasteiger partial charge < -0.3 is 5.32 Å². The summed E-state index contributed by atoms with van der Waals surface area (Å²) < 4.78 is 28.2. The zero-order valence-corrected chi connectivity index (χ0v) is 16.3. The van der Waals surface area contributed by atoms with Crippen molar-refractivity contribution in [3.05, 3.63) is 96.1 Å². The Morgan fingerprint density at radius 3 is 1.79 bits per heavy atom. The Balaban J connectivity index is 1.79. The summed E-state index contributed by atoms with van der Waals surface area (Å²) in [6, 6.07) is 25.7. The molecule has 0 bridgehead atoms. The van der Waals surface area contributed by atoms with Crippen molar-refractivity contribution >= 4 is 21.6 Å². The van der Waals surface area contributed by atoms with E-state index in [0.29, 0.717) is 5.69 Å². The second-order valence-corrected chi connectivity index (χ2v) is 8.20. The van der Waals surface area contributed by atoms with E-state index in [4.69, 9.17) is 0 Å². The van der Waals surface area contributed by atoms with E-state index in [9.17, 15) is 13.2 Å². The number of carbonyl (C=O) groups excluding carboxylic acids is 1. The van der Waals surface area contributed by atoms with Crippen molar-refractivity contribution in [2.75, 3.05) is 11.9 Å². The van der Waals surface area contributed by atoms with E-state index < -0.39 is 10.0 Å². The fraction of sp³-hybridized carbons (Fsp3) is 0.136. The molecule has 0 saturated carbocycles. The van der Waals surface area contributed by atoms with E-state index >= 15 is 0 Å². The molecule has 28 heavy (non-hydrogen) atoms. The van der Waals surface area contributed by atoms with Crippen molar-refractivity contribution in [2.45, 2.75) is 17.7 Å². The van der Waals surface area contributed by atoms with Crippen molar-refractivity contribution in [2.24, 2.45) is 0 Å². The summed E-state index contributed by atoms with van der Waals surface area (Å²) in [5, 5.41) is 2.62. The molecule has 0 aliphatic rings. The van der Waals surface area contributed by atoms with Crippen LogP contribution < -0.4 is 10.0 Å². The highest BCUT2D eigenvalue weighted by Crippen LogP contribution is 2.24. The Kier molecular flexibility index (Phi) is 6.23. The van der Waals surface area contributed by atoms with Crippen LogP contribution in [0, 0.1) is 0 Å². The number of benzene rings is 3. The van der Waals surface area contributed by atoms with Gasteiger partial charge in [0.2, 0.25) is 15.9 Å². The molecular weight excluding hydrogens is 372 g/mol. The minimum absolute atomic E-state index is 0.101. The van der Waals surface area contributed by atoms with Gasteiger partial charge in [0.25, 0.3) is 0 Å². The molecule has 0 atom stereocenters. The van der Waals surface area contributed by atoms with Crippen molar-refractivity contribution in [3.63, 3.8) is 0 Å². The number of hydrogen-bond donors (Lipinski definition) is 2. The normalized spacial score (nSPS) is 11.4. The standard InChI is InChI=1S/C22H22N2O3S/c1-17(25)24-20-12-14-21(15-13-20)28(26,27)23-16-22(18-8-4-2-5-9-18)19-10-6-3-7-11-19/h2-15,22-23H,16H2,1H3,(H,24,25). The van der Waals surface area contributed by atoms with Gasteiger partial charge in [-0.2, -0.15) is 0 Å². The average molecular weight is 394 g/mol. The van der Waals surface area contributed by atoms with Crippen molar-refractivity contribution in [3.8, 4) is 0 Å². The van der Waals surface area contributed by atoms with Gasteiger partial charge in [0.05, 0.1) is 4.90 Å². The van der Waals surface area contributed by atoms with E-state index in [1.807, 2.05) is 60.7 Å². The van der Waals surface area contributed by atoms with Crippen LogP contribution in [0.2, 0.25) is 0 Å². The summed E-state index contributed by atoms with van der Waals surface area (Å²) in [5.74, 6) is -0.307. The van der Waals surface area contributed by atoms with Gasteiger partial charge in [0.1, 0.15) is 0 Å². The highest BCUT2D eigenvalue weighted by atomic mass is 32.2. The lowest BCUT2D eigenvalue weighted by Gasteiger charge is -2.19. The number of amides is 1. The summed E-state index contributed by atoms with van der Waals surface area (Å²) >= 11 is 0. The van der Waals surface area contributed by atoms with Gasteiger partial charge in [-0.05, 0) is 35.4 Å². The first-order valence-electron chi connectivity index (χ1n) is 8.93. The molecule has 0 aliphatic heterocycles. The first kappa shape index (κ1) is 19.8. The molecule has 0 radical (unpaired) electrons. The zero-order valence-electron chi connectivity index (χ0n) is 15.5. The van der Waals surface area contributed by atoms with Crippen LogP contribution in [0.25, 0.3) is 0 Å². The second-order valence-electron chi connectivity index (χ2n) is 6.43. The summed E-state index contributed by atoms with van der Waals surface area (Å²) in [5.41, 5.74) is 2.63. The van der Waals surface area contributed by atoms with Crippen molar-refractivity contribution < 1.29 is 13.2 Å². The Morgan fingerprint density at radius 2 is 1.32 bits per heavy atom. The number of sulfonamides is 1. The summed E-state index contributed by atoms with van der Waals surface area (Å²) in [6.07, 6.45) is 0. The maximum atomic E-state index is 12.7. The number of nitrogens with one attached hydrogen (secondary N) is 2. The van der Waals surface area contributed by atoms with Gasteiger partial charge in [-0.3, -0.25) is 4.79 Å². The predicted molar refractivity (Wildman–Crippen MR) is 111 cm³/mol. The molecule has 0 saturated heterocycles. The van der Waals surface area contributed by atoms with E-state index in [0.717, 1.165) is 11.1 Å². The first-order valence-corrected chi connectivity index (χ1v) is 10.4. The van der Waals surface area contributed by atoms with Gasteiger partial charge in [-0.25, -0.2) is 13.1 Å². The Hall–Kier alpha value is -2.96. The molecule has 3 aromatic carbocycles. The zero-order chi connectivity index (χ0) is 20.0. The minimum atomic E-state index is -3.68. The van der Waals surface area contributed by atoms with Crippen LogP contribution in [-0.4, -0.2) is 20.9 Å². The molecule has 0 heterocycles. The molecule has 5 nitrogen and oxygen atoms in total. The average Bonchev–Trinajstić information content (AvgIpc) is 2.70. The molecule has 0 spiro atoms. The maximum Gasteiger partial charge on any atom is 0.240 e. The van der Waals surface area contributed by atoms with Gasteiger partial charge in [0.15, 0.2) is 0 Å². The Morgan fingerprint density at radius 1 is 0.821 bits per heavy atom. The molecule has 3 rings (SSSR count). The fourth-order valence-electron chi connectivity index (χ4n) is 3.00. The van der Waals surface area contributed by atoms with Crippen molar-refractivity contribution in [1.29, 1.82) is 0 Å². The van der Waals surface area contributed by atoms with Gasteiger partial charge in [0, 0.05) is 25.1 Å². The summed E-state index contributed by atoms with van der Waals surface area (Å²) in [4.78, 5) is 11.3. The smallest absolute Gasteiger partial charge is 0.240 e. The molecule has 6 heteroatoms. The van der Waals surface area contributed by atoms with E-state index in [2.05, 4.69) is 10.0 Å². The molecule has 0 aromatic heterocycles. The number of rotatable bonds is 7. The second kappa shape index (κ2) is 8.82. The molecule has 2 N–H and O–H groups in total. The van der Waals surface area contributed by atoms with E-state index in [-0.39, 0.29) is 23.3 Å². The van der Waals surface area contributed by atoms with Crippen molar-refractivity contribution in [1.82, 2.24) is 4.72 Å². The van der Waals surface area contributed by atoms with Crippen LogP contribution in [0.5, 0.6) is 0 Å². The molecule has 0 aliphatic carbocycles. The quantitative estimate of drug-likeness (QED) is 0.641. The predicted octanol–water partition coefficient (Wildman–Crippen LogP) is 3.76. The molecule has 0 fully saturated rings. The van der Waals surface area contributed by atoms with E-state index in [1.54, 1.807) is 12.1 Å². The van der Waals surface area contributed by atoms with Crippen LogP contribution in [0.1, 0.15) is 24.0 Å². The first-order chi connectivity index (χ1) is 13.5. The lowest BCUT2D eigenvalue weighted by atomic mass is 9.92. The minimum Gasteiger partial charge on any atom is -0.326 e. The van der Waals surface area contributed by atoms with Crippen LogP contribution in [0.3, 0.4) is 0 Å². The highest BCUT2D eigenvalue weighted by Gasteiger charge is 2.19. The van der Waals surface area contributed by atoms with Crippen LogP contribution in [-0.2, 0) is 14.8 Å². The molecular formula is C22H22N2O3S. The van der Waals surface area contributed by atoms with Gasteiger partial charge in [-0.1, -0.05) is 60.7 Å².